The van der Waals surface area contributed by atoms with Crippen molar-refractivity contribution < 1.29 is 29.5 Å². The minimum absolute atomic E-state index is 0.113. The molecule has 0 spiro atoms. The third-order valence-electron chi connectivity index (χ3n) is 4.95. The van der Waals surface area contributed by atoms with Crippen LogP contribution < -0.4 is 0 Å². The number of aliphatic hydroxyl groups excluding tert-OH is 3. The van der Waals surface area contributed by atoms with Gasteiger partial charge in [-0.05, 0) is 31.1 Å². The quantitative estimate of drug-likeness (QED) is 0.453. The predicted octanol–water partition coefficient (Wildman–Crippen LogP) is -0.307. The molecule has 0 aromatic rings. The molecule has 0 saturated carbocycles. The van der Waals surface area contributed by atoms with Gasteiger partial charge in [0.15, 0.2) is 0 Å². The standard InChI is InChI=1S/C15H26O6/c16-8-15(9-17,10-18)7-14(1-11-4-19-11,2-12-5-20-12)3-13-6-21-13/h11-13,16-18H,1-10H2. The fourth-order valence-corrected chi connectivity index (χ4v) is 3.59. The van der Waals surface area contributed by atoms with Crippen LogP contribution in [0.15, 0.2) is 0 Å². The van der Waals surface area contributed by atoms with Crippen molar-refractivity contribution in [1.29, 1.82) is 0 Å². The predicted molar refractivity (Wildman–Crippen MR) is 73.8 cm³/mol. The lowest BCUT2D eigenvalue weighted by Gasteiger charge is -2.41. The molecule has 122 valence electrons. The number of epoxide rings is 3. The van der Waals surface area contributed by atoms with Crippen molar-refractivity contribution >= 4 is 0 Å². The molecule has 3 saturated heterocycles. The Balaban J connectivity index is 1.76. The minimum Gasteiger partial charge on any atom is -0.396 e. The van der Waals surface area contributed by atoms with E-state index in [-0.39, 0.29) is 43.5 Å². The second kappa shape index (κ2) is 6.10. The van der Waals surface area contributed by atoms with E-state index >= 15 is 0 Å². The Labute approximate surface area is 125 Å². The van der Waals surface area contributed by atoms with E-state index in [4.69, 9.17) is 14.2 Å². The van der Waals surface area contributed by atoms with Gasteiger partial charge >= 0.3 is 0 Å². The molecule has 3 rings (SSSR count). The highest BCUT2D eigenvalue weighted by Gasteiger charge is 2.49. The van der Waals surface area contributed by atoms with Crippen molar-refractivity contribution in [3.05, 3.63) is 0 Å². The molecule has 3 fully saturated rings. The van der Waals surface area contributed by atoms with E-state index in [0.29, 0.717) is 6.42 Å². The van der Waals surface area contributed by atoms with Crippen LogP contribution in [0.5, 0.6) is 0 Å². The van der Waals surface area contributed by atoms with Crippen LogP contribution in [-0.4, -0.2) is 73.3 Å². The van der Waals surface area contributed by atoms with Gasteiger partial charge in [-0.2, -0.15) is 0 Å². The highest BCUT2D eigenvalue weighted by atomic mass is 16.6. The Morgan fingerprint density at radius 3 is 1.24 bits per heavy atom. The molecule has 3 heterocycles. The lowest BCUT2D eigenvalue weighted by atomic mass is 9.65. The van der Waals surface area contributed by atoms with Gasteiger partial charge in [-0.15, -0.1) is 0 Å². The fraction of sp³-hybridized carbons (Fsp3) is 1.00. The molecule has 0 radical (unpaired) electrons. The number of rotatable bonds is 11. The Hall–Kier alpha value is -0.240. The zero-order valence-corrected chi connectivity index (χ0v) is 12.4. The monoisotopic (exact) mass is 302 g/mol. The molecular formula is C15H26O6. The summed E-state index contributed by atoms with van der Waals surface area (Å²) in [4.78, 5) is 0. The number of hydrogen-bond acceptors (Lipinski definition) is 6. The molecule has 0 aliphatic carbocycles. The Morgan fingerprint density at radius 2 is 1.00 bits per heavy atom. The second-order valence-corrected chi connectivity index (χ2v) is 7.13. The molecule has 0 aromatic carbocycles. The van der Waals surface area contributed by atoms with Gasteiger partial charge in [-0.25, -0.2) is 0 Å². The summed E-state index contributed by atoms with van der Waals surface area (Å²) in [5, 5.41) is 29.0. The third kappa shape index (κ3) is 4.15. The molecule has 3 aliphatic heterocycles. The molecule has 3 atom stereocenters. The van der Waals surface area contributed by atoms with E-state index in [1.54, 1.807) is 0 Å². The zero-order chi connectivity index (χ0) is 14.9. The van der Waals surface area contributed by atoms with Crippen LogP contribution in [0.2, 0.25) is 0 Å². The third-order valence-corrected chi connectivity index (χ3v) is 4.95. The largest absolute Gasteiger partial charge is 0.396 e. The van der Waals surface area contributed by atoms with Crippen molar-refractivity contribution in [2.45, 2.75) is 44.0 Å². The molecule has 6 heteroatoms. The Morgan fingerprint density at radius 1 is 0.667 bits per heavy atom. The van der Waals surface area contributed by atoms with Crippen LogP contribution in [0.1, 0.15) is 25.7 Å². The highest BCUT2D eigenvalue weighted by molar-refractivity contribution is 4.98. The molecule has 3 aliphatic rings. The normalized spacial score (nSPS) is 33.6. The van der Waals surface area contributed by atoms with E-state index in [9.17, 15) is 15.3 Å². The summed E-state index contributed by atoms with van der Waals surface area (Å²) in [6, 6.07) is 0. The summed E-state index contributed by atoms with van der Waals surface area (Å²) in [5.74, 6) is 0. The molecule has 0 amide bonds. The van der Waals surface area contributed by atoms with E-state index < -0.39 is 5.41 Å². The Kier molecular flexibility index (Phi) is 4.55. The lowest BCUT2D eigenvalue weighted by Crippen LogP contribution is -2.42. The smallest absolute Gasteiger partial charge is 0.0815 e. The molecule has 6 nitrogen and oxygen atoms in total. The summed E-state index contributed by atoms with van der Waals surface area (Å²) in [6.45, 7) is 1.69. The van der Waals surface area contributed by atoms with E-state index in [1.165, 1.54) is 0 Å². The maximum atomic E-state index is 9.68. The van der Waals surface area contributed by atoms with Crippen LogP contribution in [0.3, 0.4) is 0 Å². The first-order valence-electron chi connectivity index (χ1n) is 7.80. The maximum Gasteiger partial charge on any atom is 0.0815 e. The van der Waals surface area contributed by atoms with Crippen molar-refractivity contribution in [2.24, 2.45) is 10.8 Å². The summed E-state index contributed by atoms with van der Waals surface area (Å²) in [6.07, 6.45) is 4.00. The topological polar surface area (TPSA) is 98.3 Å². The van der Waals surface area contributed by atoms with E-state index in [1.807, 2.05) is 0 Å². The fourth-order valence-electron chi connectivity index (χ4n) is 3.59. The van der Waals surface area contributed by atoms with Gasteiger partial charge in [0.2, 0.25) is 0 Å². The summed E-state index contributed by atoms with van der Waals surface area (Å²) in [7, 11) is 0. The van der Waals surface area contributed by atoms with Crippen LogP contribution in [-0.2, 0) is 14.2 Å². The first kappa shape index (κ1) is 15.6. The Bertz CT molecular complexity index is 300. The summed E-state index contributed by atoms with van der Waals surface area (Å²) < 4.78 is 16.2. The minimum atomic E-state index is -0.849. The molecular weight excluding hydrogens is 276 g/mol. The average Bonchev–Trinajstić information content (AvgIpc) is 3.30. The molecule has 3 unspecified atom stereocenters. The van der Waals surface area contributed by atoms with Crippen molar-refractivity contribution in [1.82, 2.24) is 0 Å². The van der Waals surface area contributed by atoms with Gasteiger partial charge in [0.1, 0.15) is 0 Å². The second-order valence-electron chi connectivity index (χ2n) is 7.13. The molecule has 21 heavy (non-hydrogen) atoms. The number of hydrogen-bond donors (Lipinski definition) is 3. The van der Waals surface area contributed by atoms with Crippen molar-refractivity contribution in [2.75, 3.05) is 39.6 Å². The van der Waals surface area contributed by atoms with Gasteiger partial charge in [-0.1, -0.05) is 0 Å². The van der Waals surface area contributed by atoms with Gasteiger partial charge in [0, 0.05) is 5.41 Å². The first-order chi connectivity index (χ1) is 10.1. The summed E-state index contributed by atoms with van der Waals surface area (Å²) in [5.41, 5.74) is -0.962. The average molecular weight is 302 g/mol. The van der Waals surface area contributed by atoms with Gasteiger partial charge in [0.25, 0.3) is 0 Å². The molecule has 0 aromatic heterocycles. The highest BCUT2D eigenvalue weighted by Crippen LogP contribution is 2.50. The maximum absolute atomic E-state index is 9.68. The van der Waals surface area contributed by atoms with Crippen LogP contribution >= 0.6 is 0 Å². The first-order valence-corrected chi connectivity index (χ1v) is 7.80. The van der Waals surface area contributed by atoms with Crippen molar-refractivity contribution in [3.8, 4) is 0 Å². The lowest BCUT2D eigenvalue weighted by molar-refractivity contribution is -0.0426. The van der Waals surface area contributed by atoms with Gasteiger partial charge in [-0.3, -0.25) is 0 Å². The van der Waals surface area contributed by atoms with Gasteiger partial charge < -0.3 is 29.5 Å². The van der Waals surface area contributed by atoms with Crippen LogP contribution in [0.25, 0.3) is 0 Å². The number of ether oxygens (including phenoxy) is 3. The van der Waals surface area contributed by atoms with E-state index in [0.717, 1.165) is 39.1 Å². The van der Waals surface area contributed by atoms with Crippen molar-refractivity contribution in [3.63, 3.8) is 0 Å². The number of aliphatic hydroxyl groups is 3. The summed E-state index contributed by atoms with van der Waals surface area (Å²) >= 11 is 0. The zero-order valence-electron chi connectivity index (χ0n) is 12.4. The van der Waals surface area contributed by atoms with E-state index in [2.05, 4.69) is 0 Å². The van der Waals surface area contributed by atoms with Crippen LogP contribution in [0, 0.1) is 10.8 Å². The molecule has 0 bridgehead atoms. The van der Waals surface area contributed by atoms with Gasteiger partial charge in [0.05, 0.1) is 58.0 Å². The SMILES string of the molecule is OCC(CO)(CO)CC(CC1CO1)(CC1CO1)CC1CO1. The molecule has 3 N–H and O–H groups in total. The van der Waals surface area contributed by atoms with Crippen LogP contribution in [0.4, 0.5) is 0 Å².